The van der Waals surface area contributed by atoms with Gasteiger partial charge in [-0.1, -0.05) is 0 Å². The molecule has 1 aromatic heterocycles. The smallest absolute Gasteiger partial charge is 0.358 e. The largest absolute Gasteiger partial charge is 0.461 e. The molecule has 0 spiro atoms. The van der Waals surface area contributed by atoms with Gasteiger partial charge in [0.1, 0.15) is 12.2 Å². The summed E-state index contributed by atoms with van der Waals surface area (Å²) < 4.78 is 36.2. The average molecular weight is 303 g/mol. The number of alkyl halides is 2. The van der Waals surface area contributed by atoms with Crippen molar-refractivity contribution in [2.75, 3.05) is 19.8 Å². The summed E-state index contributed by atoms with van der Waals surface area (Å²) in [5, 5.41) is 6.32. The van der Waals surface area contributed by atoms with Crippen molar-refractivity contribution in [2.45, 2.75) is 25.9 Å². The van der Waals surface area contributed by atoms with E-state index in [4.69, 9.17) is 9.47 Å². The molecule has 1 aliphatic rings. The van der Waals surface area contributed by atoms with E-state index in [9.17, 15) is 18.4 Å². The minimum absolute atomic E-state index is 0.104. The normalized spacial score (nSPS) is 14.9. The Balaban J connectivity index is 2.08. The van der Waals surface area contributed by atoms with Crippen LogP contribution >= 0.6 is 0 Å². The first kappa shape index (κ1) is 15.4. The van der Waals surface area contributed by atoms with Crippen LogP contribution in [0.3, 0.4) is 0 Å². The Morgan fingerprint density at radius 1 is 1.57 bits per heavy atom. The minimum Gasteiger partial charge on any atom is -0.461 e. The SMILES string of the molecule is CCOC(=O)c1cc(C(F)F)n(CC(=O)NC2COC2)n1. The fraction of sp³-hybridized carbons (Fsp3) is 0.583. The first-order chi connectivity index (χ1) is 10.0. The predicted octanol–water partition coefficient (Wildman–Crippen LogP) is 0.512. The third kappa shape index (κ3) is 3.75. The molecule has 2 heterocycles. The van der Waals surface area contributed by atoms with E-state index in [1.807, 2.05) is 0 Å². The van der Waals surface area contributed by atoms with Crippen molar-refractivity contribution in [3.05, 3.63) is 17.5 Å². The van der Waals surface area contributed by atoms with Crippen molar-refractivity contribution in [3.63, 3.8) is 0 Å². The number of nitrogens with one attached hydrogen (secondary N) is 1. The maximum absolute atomic E-state index is 12.9. The van der Waals surface area contributed by atoms with Crippen LogP contribution in [0.4, 0.5) is 8.78 Å². The second kappa shape index (κ2) is 6.61. The maximum atomic E-state index is 12.9. The van der Waals surface area contributed by atoms with Crippen molar-refractivity contribution in [2.24, 2.45) is 0 Å². The van der Waals surface area contributed by atoms with E-state index < -0.39 is 30.5 Å². The molecule has 1 fully saturated rings. The van der Waals surface area contributed by atoms with Crippen LogP contribution in [0.15, 0.2) is 6.07 Å². The summed E-state index contributed by atoms with van der Waals surface area (Å²) in [5.41, 5.74) is -0.745. The van der Waals surface area contributed by atoms with Crippen molar-refractivity contribution in [1.82, 2.24) is 15.1 Å². The Bertz CT molecular complexity index is 529. The molecule has 1 amide bonds. The first-order valence-corrected chi connectivity index (χ1v) is 6.41. The number of hydrogen-bond acceptors (Lipinski definition) is 5. The molecule has 1 saturated heterocycles. The Morgan fingerprint density at radius 2 is 2.29 bits per heavy atom. The number of amides is 1. The number of halogens is 2. The lowest BCUT2D eigenvalue weighted by atomic mass is 10.2. The lowest BCUT2D eigenvalue weighted by molar-refractivity contribution is -0.126. The fourth-order valence-corrected chi connectivity index (χ4v) is 1.77. The number of hydrogen-bond donors (Lipinski definition) is 1. The molecular formula is C12H15F2N3O4. The van der Waals surface area contributed by atoms with E-state index in [0.717, 1.165) is 10.7 Å². The third-order valence-corrected chi connectivity index (χ3v) is 2.82. The molecule has 7 nitrogen and oxygen atoms in total. The summed E-state index contributed by atoms with van der Waals surface area (Å²) in [7, 11) is 0. The molecule has 1 aromatic rings. The maximum Gasteiger partial charge on any atom is 0.358 e. The fourth-order valence-electron chi connectivity index (χ4n) is 1.77. The van der Waals surface area contributed by atoms with Gasteiger partial charge in [0, 0.05) is 6.07 Å². The molecule has 0 atom stereocenters. The zero-order valence-electron chi connectivity index (χ0n) is 11.3. The van der Waals surface area contributed by atoms with Crippen molar-refractivity contribution >= 4 is 11.9 Å². The number of aromatic nitrogens is 2. The standard InChI is InChI=1S/C12H15F2N3O4/c1-2-21-12(19)8-3-9(11(13)14)17(16-8)4-10(18)15-7-5-20-6-7/h3,7,11H,2,4-6H2,1H3,(H,15,18). The van der Waals surface area contributed by atoms with E-state index in [-0.39, 0.29) is 18.3 Å². The molecule has 9 heteroatoms. The number of esters is 1. The Labute approximate surface area is 119 Å². The van der Waals surface area contributed by atoms with Gasteiger partial charge in [0.25, 0.3) is 6.43 Å². The highest BCUT2D eigenvalue weighted by Crippen LogP contribution is 2.20. The van der Waals surface area contributed by atoms with Crippen LogP contribution in [0.5, 0.6) is 0 Å². The second-order valence-electron chi connectivity index (χ2n) is 4.44. The van der Waals surface area contributed by atoms with Gasteiger partial charge in [-0.3, -0.25) is 9.48 Å². The van der Waals surface area contributed by atoms with Crippen molar-refractivity contribution < 1.29 is 27.8 Å². The van der Waals surface area contributed by atoms with Crippen molar-refractivity contribution in [1.29, 1.82) is 0 Å². The van der Waals surface area contributed by atoms with Crippen LogP contribution in [0.1, 0.15) is 29.5 Å². The highest BCUT2D eigenvalue weighted by atomic mass is 19.3. The van der Waals surface area contributed by atoms with Crippen LogP contribution in [0.25, 0.3) is 0 Å². The van der Waals surface area contributed by atoms with E-state index in [1.165, 1.54) is 0 Å². The summed E-state index contributed by atoms with van der Waals surface area (Å²) in [4.78, 5) is 23.2. The highest BCUT2D eigenvalue weighted by Gasteiger charge is 2.24. The van der Waals surface area contributed by atoms with Gasteiger partial charge in [-0.15, -0.1) is 0 Å². The van der Waals surface area contributed by atoms with Crippen LogP contribution in [-0.4, -0.2) is 47.5 Å². The molecule has 0 saturated carbocycles. The van der Waals surface area contributed by atoms with Gasteiger partial charge < -0.3 is 14.8 Å². The van der Waals surface area contributed by atoms with Gasteiger partial charge in [0.2, 0.25) is 5.91 Å². The number of nitrogens with zero attached hydrogens (tertiary/aromatic N) is 2. The first-order valence-electron chi connectivity index (χ1n) is 6.41. The van der Waals surface area contributed by atoms with Gasteiger partial charge >= 0.3 is 5.97 Å². The molecule has 0 radical (unpaired) electrons. The van der Waals surface area contributed by atoms with Gasteiger partial charge in [-0.2, -0.15) is 5.10 Å². The summed E-state index contributed by atoms with van der Waals surface area (Å²) in [5.74, 6) is -1.27. The van der Waals surface area contributed by atoms with Gasteiger partial charge in [-0.25, -0.2) is 13.6 Å². The van der Waals surface area contributed by atoms with E-state index in [2.05, 4.69) is 10.4 Å². The molecule has 0 aliphatic carbocycles. The Morgan fingerprint density at radius 3 is 2.81 bits per heavy atom. The summed E-state index contributed by atoms with van der Waals surface area (Å²) in [6.07, 6.45) is -2.85. The molecular weight excluding hydrogens is 288 g/mol. The number of rotatable bonds is 6. The zero-order valence-corrected chi connectivity index (χ0v) is 11.3. The molecule has 1 N–H and O–H groups in total. The molecule has 21 heavy (non-hydrogen) atoms. The van der Waals surface area contributed by atoms with E-state index in [1.54, 1.807) is 6.92 Å². The summed E-state index contributed by atoms with van der Waals surface area (Å²) >= 11 is 0. The van der Waals surface area contributed by atoms with Gasteiger partial charge in [-0.05, 0) is 6.92 Å². The predicted molar refractivity (Wildman–Crippen MR) is 65.9 cm³/mol. The lowest BCUT2D eigenvalue weighted by Gasteiger charge is -2.26. The van der Waals surface area contributed by atoms with Crippen LogP contribution in [0.2, 0.25) is 0 Å². The molecule has 0 aromatic carbocycles. The topological polar surface area (TPSA) is 82.5 Å². The third-order valence-electron chi connectivity index (χ3n) is 2.82. The quantitative estimate of drug-likeness (QED) is 0.774. The van der Waals surface area contributed by atoms with E-state index >= 15 is 0 Å². The molecule has 0 bridgehead atoms. The van der Waals surface area contributed by atoms with E-state index in [0.29, 0.717) is 13.2 Å². The number of ether oxygens (including phenoxy) is 2. The number of carbonyl (C=O) groups is 2. The lowest BCUT2D eigenvalue weighted by Crippen LogP contribution is -2.49. The summed E-state index contributed by atoms with van der Waals surface area (Å²) in [6.45, 7) is 2.12. The van der Waals surface area contributed by atoms with Gasteiger partial charge in [0.05, 0.1) is 25.9 Å². The second-order valence-corrected chi connectivity index (χ2v) is 4.44. The van der Waals surface area contributed by atoms with Crippen LogP contribution in [-0.2, 0) is 20.8 Å². The monoisotopic (exact) mass is 303 g/mol. The van der Waals surface area contributed by atoms with Crippen LogP contribution < -0.4 is 5.32 Å². The Kier molecular flexibility index (Phi) is 4.84. The molecule has 1 aliphatic heterocycles. The highest BCUT2D eigenvalue weighted by molar-refractivity contribution is 5.87. The number of carbonyl (C=O) groups excluding carboxylic acids is 2. The average Bonchev–Trinajstić information content (AvgIpc) is 2.78. The Hall–Kier alpha value is -2.03. The van der Waals surface area contributed by atoms with Crippen molar-refractivity contribution in [3.8, 4) is 0 Å². The minimum atomic E-state index is -2.85. The summed E-state index contributed by atoms with van der Waals surface area (Å²) in [6, 6.07) is 0.829. The molecule has 0 unspecified atom stereocenters. The molecule has 116 valence electrons. The zero-order chi connectivity index (χ0) is 15.4. The van der Waals surface area contributed by atoms with Gasteiger partial charge in [0.15, 0.2) is 5.69 Å². The molecule has 2 rings (SSSR count). The van der Waals surface area contributed by atoms with Crippen LogP contribution in [0, 0.1) is 0 Å².